The molecule has 1 heterocycles. The predicted molar refractivity (Wildman–Crippen MR) is 27.5 cm³/mol. The molecule has 0 saturated heterocycles. The molecule has 0 N–H and O–H groups in total. The van der Waals surface area contributed by atoms with Crippen LogP contribution in [-0.2, 0) is 17.1 Å². The van der Waals surface area contributed by atoms with Gasteiger partial charge in [0.05, 0.1) is 0 Å². The second-order valence-electron chi connectivity index (χ2n) is 1.30. The van der Waals surface area contributed by atoms with Gasteiger partial charge in [0.1, 0.15) is 0 Å². The molecule has 0 unspecified atom stereocenters. The summed E-state index contributed by atoms with van der Waals surface area (Å²) in [4.78, 5) is 10.1. The normalized spacial score (nSPS) is 8.44. The van der Waals surface area contributed by atoms with Crippen LogP contribution in [0.25, 0.3) is 13.2 Å². The maximum atomic E-state index is 10.1. The van der Waals surface area contributed by atoms with Gasteiger partial charge in [0, 0.05) is 17.1 Å². The Labute approximate surface area is 61.1 Å². The fourth-order valence-electron chi connectivity index (χ4n) is 0.336. The topological polar surface area (TPSA) is 43.4 Å². The molecule has 4 heteroatoms. The molecule has 0 radical (unpaired) electrons. The van der Waals surface area contributed by atoms with Gasteiger partial charge in [0.2, 0.25) is 0 Å². The number of hydrogen-bond acceptors (Lipinski definition) is 3. The third-order valence-electron chi connectivity index (χ3n) is 0.724. The molecule has 1 aromatic rings. The maximum absolute atomic E-state index is 10.1. The molecule has 9 heavy (non-hydrogen) atoms. The van der Waals surface area contributed by atoms with Crippen LogP contribution in [-0.4, -0.2) is 0 Å². The molecule has 50 valence electrons. The van der Waals surface area contributed by atoms with Crippen LogP contribution < -0.4 is 16.7 Å². The predicted octanol–water partition coefficient (Wildman–Crippen LogP) is -0.949. The van der Waals surface area contributed by atoms with Gasteiger partial charge in [-0.1, -0.05) is 13.2 Å². The molecule has 0 amide bonds. The average Bonchev–Trinajstić information content (AvgIpc) is 1.85. The summed E-state index contributed by atoms with van der Waals surface area (Å²) in [6.07, 6.45) is 0. The van der Waals surface area contributed by atoms with Crippen LogP contribution in [0, 0.1) is 0 Å². The minimum Gasteiger partial charge on any atom is -0.391 e. The third-order valence-corrected chi connectivity index (χ3v) is 0.724. The van der Waals surface area contributed by atoms with Gasteiger partial charge >= 0.3 is 5.82 Å². The van der Waals surface area contributed by atoms with Gasteiger partial charge in [-0.15, -0.1) is 0 Å². The van der Waals surface area contributed by atoms with Crippen molar-refractivity contribution in [2.45, 2.75) is 0 Å². The van der Waals surface area contributed by atoms with Crippen molar-refractivity contribution in [3.63, 3.8) is 0 Å². The van der Waals surface area contributed by atoms with Gasteiger partial charge in [-0.05, 0) is 0 Å². The van der Waals surface area contributed by atoms with Crippen molar-refractivity contribution in [1.82, 2.24) is 0 Å². The second kappa shape index (κ2) is 2.71. The first-order valence-corrected chi connectivity index (χ1v) is 1.98. The summed E-state index contributed by atoms with van der Waals surface area (Å²) >= 11 is 0. The van der Waals surface area contributed by atoms with E-state index in [0.29, 0.717) is 0 Å². The van der Waals surface area contributed by atoms with Crippen molar-refractivity contribution in [3.8, 4) is 0 Å². The van der Waals surface area contributed by atoms with Crippen molar-refractivity contribution >= 4 is 13.2 Å². The summed E-state index contributed by atoms with van der Waals surface area (Å²) < 4.78 is 8.64. The Morgan fingerprint density at radius 2 is 1.44 bits per heavy atom. The van der Waals surface area contributed by atoms with Crippen LogP contribution in [0.15, 0.2) is 13.6 Å². The van der Waals surface area contributed by atoms with E-state index in [1.54, 1.807) is 0 Å². The van der Waals surface area contributed by atoms with Crippen LogP contribution in [0.1, 0.15) is 0 Å². The van der Waals surface area contributed by atoms with Crippen LogP contribution in [0.2, 0.25) is 0 Å². The smallest absolute Gasteiger partial charge is 0.391 e. The summed E-state index contributed by atoms with van der Waals surface area (Å²) in [6.45, 7) is 6.64. The van der Waals surface area contributed by atoms with E-state index >= 15 is 0 Å². The van der Waals surface area contributed by atoms with E-state index in [9.17, 15) is 4.79 Å². The molecule has 0 aromatic carbocycles. The van der Waals surface area contributed by atoms with E-state index in [4.69, 9.17) is 0 Å². The standard InChI is InChI=1S/C5H4O3.Fe/c1-3-4(2)8-5(6)7-3;/h1-2H2;. The Morgan fingerprint density at radius 1 is 1.11 bits per heavy atom. The quantitative estimate of drug-likeness (QED) is 0.469. The second-order valence-corrected chi connectivity index (χ2v) is 1.30. The van der Waals surface area contributed by atoms with E-state index in [1.165, 1.54) is 0 Å². The first kappa shape index (κ1) is 8.27. The Hall–Kier alpha value is -0.731. The average molecular weight is 168 g/mol. The van der Waals surface area contributed by atoms with Crippen LogP contribution >= 0.6 is 0 Å². The maximum Gasteiger partial charge on any atom is 0.519 e. The molecule has 0 fully saturated rings. The molecule has 0 aliphatic heterocycles. The molecule has 3 nitrogen and oxygen atoms in total. The summed E-state index contributed by atoms with van der Waals surface area (Å²) in [5.74, 6) is -0.750. The van der Waals surface area contributed by atoms with E-state index in [1.807, 2.05) is 0 Å². The van der Waals surface area contributed by atoms with E-state index in [2.05, 4.69) is 22.0 Å². The fourth-order valence-corrected chi connectivity index (χ4v) is 0.336. The first-order valence-electron chi connectivity index (χ1n) is 1.98. The van der Waals surface area contributed by atoms with Crippen molar-refractivity contribution in [1.29, 1.82) is 0 Å². The molecule has 0 atom stereocenters. The molecule has 0 spiro atoms. The van der Waals surface area contributed by atoms with Gasteiger partial charge in [0.25, 0.3) is 0 Å². The largest absolute Gasteiger partial charge is 0.519 e. The van der Waals surface area contributed by atoms with Gasteiger partial charge in [-0.2, -0.15) is 0 Å². The fraction of sp³-hybridized carbons (Fsp3) is 0. The molecule has 1 aromatic heterocycles. The summed E-state index contributed by atoms with van der Waals surface area (Å²) in [5.41, 5.74) is 0.380. The molecule has 0 aliphatic rings. The van der Waals surface area contributed by atoms with Crippen molar-refractivity contribution in [2.24, 2.45) is 0 Å². The molecule has 0 saturated carbocycles. The zero-order valence-electron chi connectivity index (χ0n) is 4.49. The summed E-state index contributed by atoms with van der Waals surface area (Å²) in [7, 11) is 0. The number of rotatable bonds is 0. The van der Waals surface area contributed by atoms with Crippen LogP contribution in [0.5, 0.6) is 0 Å². The third kappa shape index (κ3) is 1.59. The van der Waals surface area contributed by atoms with Crippen LogP contribution in [0.3, 0.4) is 0 Å². The van der Waals surface area contributed by atoms with E-state index < -0.39 is 5.82 Å². The van der Waals surface area contributed by atoms with Crippen molar-refractivity contribution < 1.29 is 25.9 Å². The minimum atomic E-state index is -0.750. The SMILES string of the molecule is C=c1oc(=O)oc1=C.[Fe]. The zero-order chi connectivity index (χ0) is 6.15. The summed E-state index contributed by atoms with van der Waals surface area (Å²) in [6, 6.07) is 0. The Kier molecular flexibility index (Phi) is 2.49. The molecular formula is C5H4FeO3. The van der Waals surface area contributed by atoms with Gasteiger partial charge in [0.15, 0.2) is 10.8 Å². The number of hydrogen-bond donors (Lipinski definition) is 0. The van der Waals surface area contributed by atoms with Gasteiger partial charge in [-0.3, -0.25) is 0 Å². The Balaban J connectivity index is 0.000000640. The molecular weight excluding hydrogens is 164 g/mol. The van der Waals surface area contributed by atoms with Gasteiger partial charge < -0.3 is 8.83 Å². The molecule has 1 rings (SSSR count). The first-order chi connectivity index (χ1) is 3.70. The Bertz CT molecular complexity index is 290. The minimum absolute atomic E-state index is 0. The van der Waals surface area contributed by atoms with Gasteiger partial charge in [-0.25, -0.2) is 4.79 Å². The monoisotopic (exact) mass is 168 g/mol. The van der Waals surface area contributed by atoms with E-state index in [0.717, 1.165) is 0 Å². The summed E-state index contributed by atoms with van der Waals surface area (Å²) in [5, 5.41) is 0. The van der Waals surface area contributed by atoms with Crippen molar-refractivity contribution in [2.75, 3.05) is 0 Å². The van der Waals surface area contributed by atoms with E-state index in [-0.39, 0.29) is 27.9 Å². The molecule has 0 bridgehead atoms. The van der Waals surface area contributed by atoms with Crippen molar-refractivity contribution in [3.05, 3.63) is 21.4 Å². The zero-order valence-corrected chi connectivity index (χ0v) is 5.60. The molecule has 0 aliphatic carbocycles. The van der Waals surface area contributed by atoms with Crippen LogP contribution in [0.4, 0.5) is 0 Å². The Morgan fingerprint density at radius 3 is 1.56 bits per heavy atom.